The summed E-state index contributed by atoms with van der Waals surface area (Å²) in [5.41, 5.74) is 1.61. The fourth-order valence-corrected chi connectivity index (χ4v) is 6.80. The Morgan fingerprint density at radius 3 is 2.50 bits per heavy atom. The Hall–Kier alpha value is -2.54. The van der Waals surface area contributed by atoms with Crippen LogP contribution >= 0.6 is 0 Å². The lowest BCUT2D eigenvalue weighted by molar-refractivity contribution is 0.0112. The zero-order chi connectivity index (χ0) is 22.3. The third-order valence-electron chi connectivity index (χ3n) is 6.66. The molecule has 0 bridgehead atoms. The number of ketones is 1. The molecule has 2 unspecified atom stereocenters. The van der Waals surface area contributed by atoms with Crippen molar-refractivity contribution in [2.75, 3.05) is 0 Å². The summed E-state index contributed by atoms with van der Waals surface area (Å²) in [6.45, 7) is 1.93. The molecule has 0 amide bonds. The molecule has 2 fully saturated rings. The van der Waals surface area contributed by atoms with Crippen molar-refractivity contribution in [2.45, 2.75) is 62.3 Å². The van der Waals surface area contributed by atoms with Gasteiger partial charge in [0, 0.05) is 5.56 Å². The van der Waals surface area contributed by atoms with Gasteiger partial charge in [0.2, 0.25) is 10.0 Å². The van der Waals surface area contributed by atoms with Crippen LogP contribution in [0, 0.1) is 6.92 Å². The molecule has 2 aliphatic rings. The molecule has 5 rings (SSSR count). The minimum absolute atomic E-state index is 0.00605. The maximum absolute atomic E-state index is 13.7. The van der Waals surface area contributed by atoms with E-state index in [1.807, 2.05) is 49.4 Å². The van der Waals surface area contributed by atoms with Crippen molar-refractivity contribution in [1.29, 1.82) is 0 Å². The van der Waals surface area contributed by atoms with E-state index >= 15 is 0 Å². The van der Waals surface area contributed by atoms with E-state index in [0.29, 0.717) is 5.56 Å². The Kier molecular flexibility index (Phi) is 5.61. The minimum atomic E-state index is -3.79. The predicted molar refractivity (Wildman–Crippen MR) is 124 cm³/mol. The van der Waals surface area contributed by atoms with Crippen molar-refractivity contribution in [3.8, 4) is 0 Å². The third kappa shape index (κ3) is 3.76. The molecular weight excluding hydrogens is 422 g/mol. The van der Waals surface area contributed by atoms with Gasteiger partial charge in [0.05, 0.1) is 23.5 Å². The Balaban J connectivity index is 1.50. The number of carbonyl (C=O) groups excluding carboxylic acids is 1. The van der Waals surface area contributed by atoms with Gasteiger partial charge in [0.25, 0.3) is 0 Å². The largest absolute Gasteiger partial charge is 0.357 e. The van der Waals surface area contributed by atoms with E-state index in [-0.39, 0.29) is 29.2 Å². The van der Waals surface area contributed by atoms with Crippen LogP contribution in [-0.4, -0.2) is 36.9 Å². The van der Waals surface area contributed by atoms with Crippen LogP contribution in [-0.2, 0) is 14.8 Å². The molecule has 1 aliphatic heterocycles. The number of carbonyl (C=O) groups is 1. The van der Waals surface area contributed by atoms with E-state index in [1.54, 1.807) is 24.3 Å². The summed E-state index contributed by atoms with van der Waals surface area (Å²) in [5, 5.41) is 1.87. The van der Waals surface area contributed by atoms with Crippen LogP contribution in [0.2, 0.25) is 0 Å². The van der Waals surface area contributed by atoms with Crippen molar-refractivity contribution < 1.29 is 17.9 Å². The smallest absolute Gasteiger partial charge is 0.245 e. The van der Waals surface area contributed by atoms with Gasteiger partial charge >= 0.3 is 0 Å². The highest BCUT2D eigenvalue weighted by molar-refractivity contribution is 7.89. The highest BCUT2D eigenvalue weighted by Gasteiger charge is 2.50. The molecule has 0 N–H and O–H groups in total. The fraction of sp³-hybridized carbons (Fsp3) is 0.346. The van der Waals surface area contributed by atoms with Crippen molar-refractivity contribution in [3.63, 3.8) is 0 Å². The van der Waals surface area contributed by atoms with Gasteiger partial charge < -0.3 is 4.74 Å². The number of hydrogen-bond acceptors (Lipinski definition) is 4. The zero-order valence-corrected chi connectivity index (χ0v) is 18.9. The lowest BCUT2D eigenvalue weighted by Gasteiger charge is -2.30. The molecule has 166 valence electrons. The number of aryl methyl sites for hydroxylation is 1. The number of fused-ring (bicyclic) bond motifs is 2. The standard InChI is InChI=1S/C26H27NO4S/c1-18-13-15-20(16-14-18)32(29,30)27-23-11-4-5-12-25(23)31-26(27)17-24(28)22-10-6-8-19-7-2-3-9-21(19)22/h2-3,6-10,13-16,23,25-26H,4-5,11-12,17H2,1H3/t23?,25?,26-/m0/s1. The van der Waals surface area contributed by atoms with E-state index in [2.05, 4.69) is 0 Å². The molecular formula is C26H27NO4S. The van der Waals surface area contributed by atoms with E-state index < -0.39 is 16.3 Å². The van der Waals surface area contributed by atoms with Crippen LogP contribution < -0.4 is 0 Å². The molecule has 6 heteroatoms. The normalized spacial score (nSPS) is 23.8. The predicted octanol–water partition coefficient (Wildman–Crippen LogP) is 5.08. The second-order valence-electron chi connectivity index (χ2n) is 8.78. The quantitative estimate of drug-likeness (QED) is 0.510. The SMILES string of the molecule is Cc1ccc(S(=O)(=O)N2C3CCCCC3O[C@H]2CC(=O)c2cccc3ccccc23)cc1. The van der Waals surface area contributed by atoms with Crippen LogP contribution in [0.3, 0.4) is 0 Å². The highest BCUT2D eigenvalue weighted by Crippen LogP contribution is 2.39. The summed E-state index contributed by atoms with van der Waals surface area (Å²) in [6.07, 6.45) is 2.62. The van der Waals surface area contributed by atoms with Gasteiger partial charge in [0.15, 0.2) is 5.78 Å². The number of hydrogen-bond donors (Lipinski definition) is 0. The first-order chi connectivity index (χ1) is 15.4. The molecule has 3 aromatic carbocycles. The van der Waals surface area contributed by atoms with Gasteiger partial charge in [-0.15, -0.1) is 0 Å². The molecule has 0 spiro atoms. The number of benzene rings is 3. The van der Waals surface area contributed by atoms with Gasteiger partial charge in [-0.1, -0.05) is 73.0 Å². The molecule has 1 aliphatic carbocycles. The Morgan fingerprint density at radius 2 is 1.69 bits per heavy atom. The Labute approximate surface area is 189 Å². The van der Waals surface area contributed by atoms with Crippen molar-refractivity contribution >= 4 is 26.6 Å². The molecule has 3 atom stereocenters. The lowest BCUT2D eigenvalue weighted by atomic mass is 9.93. The monoisotopic (exact) mass is 449 g/mol. The molecule has 1 heterocycles. The van der Waals surface area contributed by atoms with Crippen molar-refractivity contribution in [2.24, 2.45) is 0 Å². The molecule has 0 radical (unpaired) electrons. The van der Waals surface area contributed by atoms with Gasteiger partial charge in [0.1, 0.15) is 6.23 Å². The van der Waals surface area contributed by atoms with Crippen molar-refractivity contribution in [3.05, 3.63) is 77.9 Å². The average Bonchev–Trinajstić information content (AvgIpc) is 3.17. The van der Waals surface area contributed by atoms with Gasteiger partial charge in [-0.25, -0.2) is 8.42 Å². The molecule has 5 nitrogen and oxygen atoms in total. The number of Topliss-reactive ketones (excluding diaryl/α,β-unsaturated/α-hetero) is 1. The summed E-state index contributed by atoms with van der Waals surface area (Å²) in [7, 11) is -3.79. The average molecular weight is 450 g/mol. The lowest BCUT2D eigenvalue weighted by Crippen LogP contribution is -2.44. The number of rotatable bonds is 5. The van der Waals surface area contributed by atoms with Crippen molar-refractivity contribution in [1.82, 2.24) is 4.31 Å². The topological polar surface area (TPSA) is 63.7 Å². The van der Waals surface area contributed by atoms with Gasteiger partial charge in [-0.05, 0) is 42.7 Å². The molecule has 32 heavy (non-hydrogen) atoms. The molecule has 0 aromatic heterocycles. The first-order valence-corrected chi connectivity index (χ1v) is 12.7. The van der Waals surface area contributed by atoms with Gasteiger partial charge in [-0.2, -0.15) is 4.31 Å². The molecule has 1 saturated heterocycles. The van der Waals surface area contributed by atoms with E-state index in [1.165, 1.54) is 4.31 Å². The Morgan fingerprint density at radius 1 is 0.969 bits per heavy atom. The maximum atomic E-state index is 13.7. The number of nitrogens with zero attached hydrogens (tertiary/aromatic N) is 1. The first-order valence-electron chi connectivity index (χ1n) is 11.2. The van der Waals surface area contributed by atoms with E-state index in [0.717, 1.165) is 42.0 Å². The second kappa shape index (κ2) is 8.43. The second-order valence-corrected chi connectivity index (χ2v) is 10.6. The van der Waals surface area contributed by atoms with Crippen LogP contribution in [0.1, 0.15) is 48.0 Å². The van der Waals surface area contributed by atoms with Gasteiger partial charge in [-0.3, -0.25) is 4.79 Å². The Bertz CT molecular complexity index is 1250. The minimum Gasteiger partial charge on any atom is -0.357 e. The highest BCUT2D eigenvalue weighted by atomic mass is 32.2. The number of ether oxygens (including phenoxy) is 1. The van der Waals surface area contributed by atoms with Crippen LogP contribution in [0.4, 0.5) is 0 Å². The molecule has 3 aromatic rings. The summed E-state index contributed by atoms with van der Waals surface area (Å²) >= 11 is 0. The third-order valence-corrected chi connectivity index (χ3v) is 8.59. The summed E-state index contributed by atoms with van der Waals surface area (Å²) in [6, 6.07) is 20.1. The van der Waals surface area contributed by atoms with Crippen LogP contribution in [0.15, 0.2) is 71.6 Å². The summed E-state index contributed by atoms with van der Waals surface area (Å²) < 4.78 is 35.1. The van der Waals surface area contributed by atoms with Crippen LogP contribution in [0.25, 0.3) is 10.8 Å². The fourth-order valence-electron chi connectivity index (χ4n) is 5.04. The van der Waals surface area contributed by atoms with E-state index in [9.17, 15) is 13.2 Å². The summed E-state index contributed by atoms with van der Waals surface area (Å²) in [5.74, 6) is -0.102. The van der Waals surface area contributed by atoms with Crippen LogP contribution in [0.5, 0.6) is 0 Å². The maximum Gasteiger partial charge on any atom is 0.245 e. The van der Waals surface area contributed by atoms with E-state index in [4.69, 9.17) is 4.74 Å². The summed E-state index contributed by atoms with van der Waals surface area (Å²) in [4.78, 5) is 13.6. The first kappa shape index (κ1) is 21.3. The number of sulfonamides is 1. The zero-order valence-electron chi connectivity index (χ0n) is 18.1. The molecule has 1 saturated carbocycles.